The fourth-order valence-corrected chi connectivity index (χ4v) is 3.42. The number of amides is 1. The zero-order valence-electron chi connectivity index (χ0n) is 12.9. The van der Waals surface area contributed by atoms with Crippen molar-refractivity contribution in [3.05, 3.63) is 52.5 Å². The molecule has 0 saturated carbocycles. The number of hydrogen-bond acceptors (Lipinski definition) is 4. The van der Waals surface area contributed by atoms with Gasteiger partial charge in [0, 0.05) is 31.1 Å². The van der Waals surface area contributed by atoms with Gasteiger partial charge in [0.05, 0.1) is 5.01 Å². The molecule has 3 rings (SSSR count). The number of rotatable bonds is 5. The van der Waals surface area contributed by atoms with E-state index in [1.165, 1.54) is 5.57 Å². The lowest BCUT2D eigenvalue weighted by Gasteiger charge is -2.26. The molecule has 1 aliphatic heterocycles. The zero-order valence-corrected chi connectivity index (χ0v) is 13.8. The average Bonchev–Trinajstić information content (AvgIpc) is 3.09. The van der Waals surface area contributed by atoms with Gasteiger partial charge in [0.2, 0.25) is 5.91 Å². The first-order valence-corrected chi connectivity index (χ1v) is 8.75. The van der Waals surface area contributed by atoms with Crippen molar-refractivity contribution in [2.24, 2.45) is 0 Å². The standard InChI is InChI=1S/C18H20N2O2S/c21-16-6-4-14(5-7-16)15-8-11-20(12-9-15)18(22)3-1-2-17-19-10-13-23-17/h4-8,10,13,21H,1-3,9,11-12H2. The molecule has 2 aromatic rings. The number of nitrogens with zero attached hydrogens (tertiary/aromatic N) is 2. The minimum absolute atomic E-state index is 0.225. The van der Waals surface area contributed by atoms with E-state index in [0.717, 1.165) is 36.4 Å². The van der Waals surface area contributed by atoms with Crippen molar-refractivity contribution in [2.45, 2.75) is 25.7 Å². The molecule has 0 spiro atoms. The topological polar surface area (TPSA) is 53.4 Å². The largest absolute Gasteiger partial charge is 0.508 e. The number of hydrogen-bond donors (Lipinski definition) is 1. The number of thiazole rings is 1. The van der Waals surface area contributed by atoms with Crippen molar-refractivity contribution in [3.8, 4) is 5.75 Å². The minimum atomic E-state index is 0.225. The van der Waals surface area contributed by atoms with Gasteiger partial charge in [0.15, 0.2) is 0 Å². The third-order valence-corrected chi connectivity index (χ3v) is 4.90. The summed E-state index contributed by atoms with van der Waals surface area (Å²) in [4.78, 5) is 18.4. The molecule has 0 fully saturated rings. The molecular formula is C18H20N2O2S. The van der Waals surface area contributed by atoms with Crippen LogP contribution in [-0.4, -0.2) is 34.0 Å². The molecule has 1 N–H and O–H groups in total. The van der Waals surface area contributed by atoms with E-state index >= 15 is 0 Å². The van der Waals surface area contributed by atoms with E-state index < -0.39 is 0 Å². The molecule has 5 heteroatoms. The number of aromatic nitrogens is 1. The van der Waals surface area contributed by atoms with Crippen LogP contribution in [-0.2, 0) is 11.2 Å². The monoisotopic (exact) mass is 328 g/mol. The normalized spacial score (nSPS) is 14.6. The highest BCUT2D eigenvalue weighted by atomic mass is 32.1. The Morgan fingerprint density at radius 1 is 1.30 bits per heavy atom. The Bertz CT molecular complexity index is 678. The molecule has 23 heavy (non-hydrogen) atoms. The molecule has 2 heterocycles. The van der Waals surface area contributed by atoms with Gasteiger partial charge in [-0.2, -0.15) is 0 Å². The van der Waals surface area contributed by atoms with Crippen LogP contribution in [0.3, 0.4) is 0 Å². The summed E-state index contributed by atoms with van der Waals surface area (Å²) in [5.41, 5.74) is 2.37. The maximum absolute atomic E-state index is 12.3. The SMILES string of the molecule is O=C(CCCc1nccs1)N1CC=C(c2ccc(O)cc2)CC1. The highest BCUT2D eigenvalue weighted by Crippen LogP contribution is 2.24. The van der Waals surface area contributed by atoms with E-state index in [2.05, 4.69) is 11.1 Å². The summed E-state index contributed by atoms with van der Waals surface area (Å²) in [6.45, 7) is 1.44. The lowest BCUT2D eigenvalue weighted by Crippen LogP contribution is -2.34. The Kier molecular flexibility index (Phi) is 5.08. The molecule has 0 atom stereocenters. The molecule has 0 aliphatic carbocycles. The van der Waals surface area contributed by atoms with Crippen molar-refractivity contribution in [2.75, 3.05) is 13.1 Å². The first-order chi connectivity index (χ1) is 11.2. The molecule has 1 aromatic heterocycles. The van der Waals surface area contributed by atoms with Crippen molar-refractivity contribution < 1.29 is 9.90 Å². The Balaban J connectivity index is 1.49. The Labute approximate surface area is 140 Å². The van der Waals surface area contributed by atoms with E-state index in [-0.39, 0.29) is 11.7 Å². The van der Waals surface area contributed by atoms with Crippen LogP contribution in [0.2, 0.25) is 0 Å². The number of phenolic OH excluding ortho intramolecular Hbond substituents is 1. The zero-order chi connectivity index (χ0) is 16.1. The third-order valence-electron chi connectivity index (χ3n) is 4.06. The summed E-state index contributed by atoms with van der Waals surface area (Å²) in [5, 5.41) is 12.4. The number of carbonyl (C=O) groups is 1. The van der Waals surface area contributed by atoms with Gasteiger partial charge in [-0.25, -0.2) is 4.98 Å². The molecule has 120 valence electrons. The molecule has 0 radical (unpaired) electrons. The fraction of sp³-hybridized carbons (Fsp3) is 0.333. The van der Waals surface area contributed by atoms with Crippen LogP contribution < -0.4 is 0 Å². The van der Waals surface area contributed by atoms with Crippen LogP contribution in [0.15, 0.2) is 41.9 Å². The van der Waals surface area contributed by atoms with E-state index in [1.54, 1.807) is 23.5 Å². The van der Waals surface area contributed by atoms with Crippen molar-refractivity contribution in [1.29, 1.82) is 0 Å². The Hall–Kier alpha value is -2.14. The third kappa shape index (κ3) is 4.20. The van der Waals surface area contributed by atoms with E-state index in [0.29, 0.717) is 13.0 Å². The lowest BCUT2D eigenvalue weighted by molar-refractivity contribution is -0.130. The Morgan fingerprint density at radius 2 is 2.13 bits per heavy atom. The predicted octanol–water partition coefficient (Wildman–Crippen LogP) is 3.49. The number of carbonyl (C=O) groups excluding carboxylic acids is 1. The molecule has 0 unspecified atom stereocenters. The molecule has 1 aromatic carbocycles. The number of benzene rings is 1. The van der Waals surface area contributed by atoms with Crippen molar-refractivity contribution in [1.82, 2.24) is 9.88 Å². The second-order valence-corrected chi connectivity index (χ2v) is 6.62. The fourth-order valence-electron chi connectivity index (χ4n) is 2.76. The van der Waals surface area contributed by atoms with Gasteiger partial charge in [-0.05, 0) is 42.5 Å². The predicted molar refractivity (Wildman–Crippen MR) is 92.3 cm³/mol. The van der Waals surface area contributed by atoms with Crippen LogP contribution >= 0.6 is 11.3 Å². The molecular weight excluding hydrogens is 308 g/mol. The smallest absolute Gasteiger partial charge is 0.222 e. The van der Waals surface area contributed by atoms with E-state index in [4.69, 9.17) is 0 Å². The van der Waals surface area contributed by atoms with Crippen LogP contribution in [0, 0.1) is 0 Å². The minimum Gasteiger partial charge on any atom is -0.508 e. The quantitative estimate of drug-likeness (QED) is 0.914. The van der Waals surface area contributed by atoms with Crippen LogP contribution in [0.1, 0.15) is 29.8 Å². The summed E-state index contributed by atoms with van der Waals surface area (Å²) in [5.74, 6) is 0.504. The van der Waals surface area contributed by atoms with Gasteiger partial charge in [0.25, 0.3) is 0 Å². The van der Waals surface area contributed by atoms with E-state index in [9.17, 15) is 9.90 Å². The van der Waals surface area contributed by atoms with Gasteiger partial charge >= 0.3 is 0 Å². The van der Waals surface area contributed by atoms with Crippen molar-refractivity contribution in [3.63, 3.8) is 0 Å². The Morgan fingerprint density at radius 3 is 2.78 bits per heavy atom. The van der Waals surface area contributed by atoms with Crippen molar-refractivity contribution >= 4 is 22.8 Å². The molecule has 0 saturated heterocycles. The first kappa shape index (κ1) is 15.7. The van der Waals surface area contributed by atoms with Gasteiger partial charge in [-0.15, -0.1) is 11.3 Å². The highest BCUT2D eigenvalue weighted by Gasteiger charge is 2.17. The summed E-state index contributed by atoms with van der Waals surface area (Å²) in [7, 11) is 0. The summed E-state index contributed by atoms with van der Waals surface area (Å²) < 4.78 is 0. The second-order valence-electron chi connectivity index (χ2n) is 5.65. The number of aryl methyl sites for hydroxylation is 1. The van der Waals surface area contributed by atoms with Gasteiger partial charge < -0.3 is 10.0 Å². The van der Waals surface area contributed by atoms with Gasteiger partial charge in [-0.3, -0.25) is 4.79 Å². The number of phenols is 1. The van der Waals surface area contributed by atoms with Gasteiger partial charge in [-0.1, -0.05) is 18.2 Å². The summed E-state index contributed by atoms with van der Waals surface area (Å²) in [6.07, 6.45) is 7.12. The highest BCUT2D eigenvalue weighted by molar-refractivity contribution is 7.09. The van der Waals surface area contributed by atoms with Crippen LogP contribution in [0.4, 0.5) is 0 Å². The second kappa shape index (κ2) is 7.42. The maximum atomic E-state index is 12.3. The average molecular weight is 328 g/mol. The van der Waals surface area contributed by atoms with Gasteiger partial charge in [0.1, 0.15) is 5.75 Å². The number of aromatic hydroxyl groups is 1. The van der Waals surface area contributed by atoms with Crippen LogP contribution in [0.25, 0.3) is 5.57 Å². The molecule has 1 aliphatic rings. The molecule has 4 nitrogen and oxygen atoms in total. The lowest BCUT2D eigenvalue weighted by atomic mass is 9.99. The molecule has 1 amide bonds. The maximum Gasteiger partial charge on any atom is 0.222 e. The first-order valence-electron chi connectivity index (χ1n) is 7.87. The molecule has 0 bridgehead atoms. The summed E-state index contributed by atoms with van der Waals surface area (Å²) >= 11 is 1.65. The van der Waals surface area contributed by atoms with E-state index in [1.807, 2.05) is 28.6 Å². The summed E-state index contributed by atoms with van der Waals surface area (Å²) in [6, 6.07) is 7.25. The van der Waals surface area contributed by atoms with Crippen LogP contribution in [0.5, 0.6) is 5.75 Å².